The van der Waals surface area contributed by atoms with Crippen molar-refractivity contribution in [3.05, 3.63) is 65.7 Å². The number of amides is 1. The smallest absolute Gasteiger partial charge is 0.223 e. The third-order valence-corrected chi connectivity index (χ3v) is 7.85. The zero-order valence-corrected chi connectivity index (χ0v) is 19.1. The maximum atomic E-state index is 12.7. The number of para-hydroxylation sites is 1. The van der Waals surface area contributed by atoms with Gasteiger partial charge in [-0.25, -0.2) is 12.7 Å². The number of sulfonamides is 1. The molecule has 3 rings (SSSR count). The van der Waals surface area contributed by atoms with E-state index in [1.807, 2.05) is 61.5 Å². The van der Waals surface area contributed by atoms with Gasteiger partial charge in [-0.3, -0.25) is 4.79 Å². The molecule has 0 radical (unpaired) electrons. The van der Waals surface area contributed by atoms with Gasteiger partial charge in [0.15, 0.2) is 0 Å². The van der Waals surface area contributed by atoms with E-state index >= 15 is 0 Å². The number of rotatable bonds is 9. The number of aryl methyl sites for hydroxylation is 1. The van der Waals surface area contributed by atoms with Gasteiger partial charge < -0.3 is 10.1 Å². The highest BCUT2D eigenvalue weighted by atomic mass is 32.2. The Hall–Kier alpha value is -2.38. The molecule has 1 unspecified atom stereocenters. The third kappa shape index (κ3) is 6.31. The second-order valence-electron chi connectivity index (χ2n) is 8.05. The first-order valence-electron chi connectivity index (χ1n) is 10.9. The third-order valence-electron chi connectivity index (χ3n) is 5.89. The fourth-order valence-electron chi connectivity index (χ4n) is 4.06. The number of hydrogen-bond acceptors (Lipinski definition) is 4. The van der Waals surface area contributed by atoms with E-state index in [-0.39, 0.29) is 23.6 Å². The van der Waals surface area contributed by atoms with Crippen LogP contribution in [0, 0.1) is 5.92 Å². The van der Waals surface area contributed by atoms with Gasteiger partial charge in [-0.15, -0.1) is 0 Å². The largest absolute Gasteiger partial charge is 0.496 e. The summed E-state index contributed by atoms with van der Waals surface area (Å²) in [6.07, 6.45) is 2.44. The lowest BCUT2D eigenvalue weighted by Gasteiger charge is -2.31. The van der Waals surface area contributed by atoms with Gasteiger partial charge in [0.1, 0.15) is 5.75 Å². The minimum Gasteiger partial charge on any atom is -0.496 e. The Balaban J connectivity index is 1.47. The van der Waals surface area contributed by atoms with Crippen molar-refractivity contribution in [3.63, 3.8) is 0 Å². The fraction of sp³-hybridized carbons (Fsp3) is 0.458. The Kier molecular flexibility index (Phi) is 8.09. The molecule has 0 bridgehead atoms. The zero-order chi connectivity index (χ0) is 22.3. The van der Waals surface area contributed by atoms with E-state index in [1.54, 1.807) is 11.4 Å². The summed E-state index contributed by atoms with van der Waals surface area (Å²) in [5, 5.41) is 3.06. The summed E-state index contributed by atoms with van der Waals surface area (Å²) in [7, 11) is -1.68. The normalized spacial score (nSPS) is 16.6. The van der Waals surface area contributed by atoms with Crippen molar-refractivity contribution in [2.75, 3.05) is 26.0 Å². The minimum atomic E-state index is -3.29. The first-order chi connectivity index (χ1) is 14.9. The summed E-state index contributed by atoms with van der Waals surface area (Å²) in [4.78, 5) is 12.7. The van der Waals surface area contributed by atoms with E-state index in [0.29, 0.717) is 32.4 Å². The van der Waals surface area contributed by atoms with Gasteiger partial charge in [0, 0.05) is 24.6 Å². The number of hydrogen-bond donors (Lipinski definition) is 1. The molecule has 7 heteroatoms. The summed E-state index contributed by atoms with van der Waals surface area (Å²) in [5.74, 6) is 0.683. The zero-order valence-electron chi connectivity index (χ0n) is 18.3. The molecule has 0 saturated carbocycles. The Morgan fingerprint density at radius 1 is 1.10 bits per heavy atom. The van der Waals surface area contributed by atoms with Crippen molar-refractivity contribution in [1.82, 2.24) is 9.62 Å². The number of nitrogens with zero attached hydrogens (tertiary/aromatic N) is 1. The topological polar surface area (TPSA) is 75.7 Å². The molecule has 168 valence electrons. The summed E-state index contributed by atoms with van der Waals surface area (Å²) < 4.78 is 32.3. The van der Waals surface area contributed by atoms with E-state index in [1.165, 1.54) is 0 Å². The van der Waals surface area contributed by atoms with Gasteiger partial charge in [-0.2, -0.15) is 0 Å². The van der Waals surface area contributed by atoms with Crippen LogP contribution < -0.4 is 10.1 Å². The van der Waals surface area contributed by atoms with Crippen LogP contribution in [-0.4, -0.2) is 44.6 Å². The predicted octanol–water partition coefficient (Wildman–Crippen LogP) is 3.55. The van der Waals surface area contributed by atoms with Crippen LogP contribution in [0.5, 0.6) is 5.75 Å². The number of nitrogens with one attached hydrogen (secondary N) is 1. The fourth-order valence-corrected chi connectivity index (χ4v) is 5.60. The van der Waals surface area contributed by atoms with Gasteiger partial charge in [-0.05, 0) is 44.2 Å². The molecule has 1 heterocycles. The molecular weight excluding hydrogens is 412 g/mol. The number of ether oxygens (including phenoxy) is 1. The summed E-state index contributed by atoms with van der Waals surface area (Å²) in [5.41, 5.74) is 2.08. The lowest BCUT2D eigenvalue weighted by molar-refractivity contribution is -0.126. The number of carbonyl (C=O) groups excluding carboxylic acids is 1. The van der Waals surface area contributed by atoms with Crippen LogP contribution in [0.3, 0.4) is 0 Å². The van der Waals surface area contributed by atoms with Crippen LogP contribution >= 0.6 is 0 Å². The van der Waals surface area contributed by atoms with Crippen LogP contribution in [0.15, 0.2) is 54.6 Å². The molecule has 31 heavy (non-hydrogen) atoms. The lowest BCUT2D eigenvalue weighted by atomic mass is 9.96. The predicted molar refractivity (Wildman–Crippen MR) is 122 cm³/mol. The van der Waals surface area contributed by atoms with Crippen molar-refractivity contribution >= 4 is 15.9 Å². The molecule has 0 spiro atoms. The van der Waals surface area contributed by atoms with Crippen molar-refractivity contribution in [2.45, 2.75) is 38.6 Å². The SMILES string of the molecule is COc1ccccc1C(C)NC(=O)C1CCN(S(=O)(=O)CCCc2ccccc2)CC1. The standard InChI is InChI=1S/C24H32N2O4S/c1-19(22-12-6-7-13-23(22)30-2)25-24(27)21-14-16-26(17-15-21)31(28,29)18-8-11-20-9-4-3-5-10-20/h3-7,9-10,12-13,19,21H,8,11,14-18H2,1-2H3,(H,25,27). The lowest BCUT2D eigenvalue weighted by Crippen LogP contribution is -2.44. The number of carbonyl (C=O) groups is 1. The van der Waals surface area contributed by atoms with Gasteiger partial charge >= 0.3 is 0 Å². The molecule has 1 atom stereocenters. The summed E-state index contributed by atoms with van der Waals surface area (Å²) in [6, 6.07) is 17.4. The van der Waals surface area contributed by atoms with Crippen LogP contribution in [0.25, 0.3) is 0 Å². The highest BCUT2D eigenvalue weighted by Gasteiger charge is 2.31. The van der Waals surface area contributed by atoms with Gasteiger partial charge in [0.25, 0.3) is 0 Å². The minimum absolute atomic E-state index is 0.0282. The highest BCUT2D eigenvalue weighted by molar-refractivity contribution is 7.89. The summed E-state index contributed by atoms with van der Waals surface area (Å²) >= 11 is 0. The first-order valence-corrected chi connectivity index (χ1v) is 12.5. The van der Waals surface area contributed by atoms with E-state index in [4.69, 9.17) is 4.74 Å². The van der Waals surface area contributed by atoms with Crippen molar-refractivity contribution < 1.29 is 17.9 Å². The molecule has 1 saturated heterocycles. The molecule has 1 N–H and O–H groups in total. The molecule has 1 aliphatic heterocycles. The second-order valence-corrected chi connectivity index (χ2v) is 10.1. The van der Waals surface area contributed by atoms with Gasteiger partial charge in [0.05, 0.1) is 18.9 Å². The number of methoxy groups -OCH3 is 1. The molecule has 2 aromatic rings. The van der Waals surface area contributed by atoms with Crippen molar-refractivity contribution in [3.8, 4) is 5.75 Å². The molecular formula is C24H32N2O4S. The molecule has 6 nitrogen and oxygen atoms in total. The average Bonchev–Trinajstić information content (AvgIpc) is 2.79. The van der Waals surface area contributed by atoms with E-state index in [9.17, 15) is 13.2 Å². The Morgan fingerprint density at radius 3 is 2.42 bits per heavy atom. The maximum absolute atomic E-state index is 12.7. The molecule has 1 aliphatic rings. The molecule has 2 aromatic carbocycles. The van der Waals surface area contributed by atoms with E-state index in [0.717, 1.165) is 23.3 Å². The van der Waals surface area contributed by atoms with E-state index < -0.39 is 10.0 Å². The Labute approximate surface area is 185 Å². The molecule has 0 aliphatic carbocycles. The second kappa shape index (κ2) is 10.8. The van der Waals surface area contributed by atoms with Crippen LogP contribution in [0.4, 0.5) is 0 Å². The number of benzene rings is 2. The summed E-state index contributed by atoms with van der Waals surface area (Å²) in [6.45, 7) is 2.73. The van der Waals surface area contributed by atoms with Gasteiger partial charge in [0.2, 0.25) is 15.9 Å². The molecule has 0 aromatic heterocycles. The van der Waals surface area contributed by atoms with Crippen LogP contribution in [0.1, 0.15) is 43.4 Å². The average molecular weight is 445 g/mol. The molecule has 1 amide bonds. The maximum Gasteiger partial charge on any atom is 0.223 e. The monoisotopic (exact) mass is 444 g/mol. The highest BCUT2D eigenvalue weighted by Crippen LogP contribution is 2.26. The Bertz CT molecular complexity index is 955. The van der Waals surface area contributed by atoms with Crippen LogP contribution in [0.2, 0.25) is 0 Å². The molecule has 1 fully saturated rings. The van der Waals surface area contributed by atoms with Crippen LogP contribution in [-0.2, 0) is 21.2 Å². The van der Waals surface area contributed by atoms with Crippen molar-refractivity contribution in [2.24, 2.45) is 5.92 Å². The van der Waals surface area contributed by atoms with E-state index in [2.05, 4.69) is 5.32 Å². The Morgan fingerprint density at radius 2 is 1.74 bits per heavy atom. The van der Waals surface area contributed by atoms with Crippen molar-refractivity contribution in [1.29, 1.82) is 0 Å². The number of piperidine rings is 1. The van der Waals surface area contributed by atoms with Gasteiger partial charge in [-0.1, -0.05) is 48.5 Å². The quantitative estimate of drug-likeness (QED) is 0.642. The first kappa shape index (κ1) is 23.3.